The van der Waals surface area contributed by atoms with Crippen LogP contribution < -0.4 is 11.1 Å². The maximum atomic E-state index is 10.4. The SMILES string of the molecule is CC=CCNCCCC[C@H](N)C(=O)O. The molecule has 0 fully saturated rings. The zero-order valence-electron chi connectivity index (χ0n) is 8.70. The van der Waals surface area contributed by atoms with Crippen molar-refractivity contribution in [3.63, 3.8) is 0 Å². The van der Waals surface area contributed by atoms with Gasteiger partial charge in [0.25, 0.3) is 0 Å². The first kappa shape index (κ1) is 13.1. The van der Waals surface area contributed by atoms with Crippen molar-refractivity contribution in [2.75, 3.05) is 13.1 Å². The zero-order valence-corrected chi connectivity index (χ0v) is 8.70. The Labute approximate surface area is 85.2 Å². The Morgan fingerprint density at radius 3 is 2.86 bits per heavy atom. The number of hydrogen-bond donors (Lipinski definition) is 3. The topological polar surface area (TPSA) is 75.3 Å². The van der Waals surface area contributed by atoms with Gasteiger partial charge in [0, 0.05) is 6.54 Å². The Kier molecular flexibility index (Phi) is 8.17. The molecule has 0 saturated carbocycles. The Morgan fingerprint density at radius 1 is 1.57 bits per heavy atom. The summed E-state index contributed by atoms with van der Waals surface area (Å²) in [5.74, 6) is -0.910. The molecule has 4 heteroatoms. The largest absolute Gasteiger partial charge is 0.480 e. The van der Waals surface area contributed by atoms with Gasteiger partial charge in [-0.25, -0.2) is 0 Å². The summed E-state index contributed by atoms with van der Waals surface area (Å²) in [6.07, 6.45) is 6.42. The van der Waals surface area contributed by atoms with E-state index in [0.29, 0.717) is 6.42 Å². The van der Waals surface area contributed by atoms with Crippen LogP contribution >= 0.6 is 0 Å². The van der Waals surface area contributed by atoms with Crippen molar-refractivity contribution in [1.82, 2.24) is 5.32 Å². The predicted molar refractivity (Wildman–Crippen MR) is 57.1 cm³/mol. The molecular formula is C10H20N2O2. The number of aliphatic carboxylic acids is 1. The molecule has 0 amide bonds. The highest BCUT2D eigenvalue weighted by Gasteiger charge is 2.09. The number of hydrogen-bond acceptors (Lipinski definition) is 3. The van der Waals surface area contributed by atoms with E-state index in [-0.39, 0.29) is 0 Å². The van der Waals surface area contributed by atoms with E-state index in [4.69, 9.17) is 10.8 Å². The Balaban J connectivity index is 3.17. The van der Waals surface area contributed by atoms with Gasteiger partial charge in [0.1, 0.15) is 6.04 Å². The minimum atomic E-state index is -0.910. The van der Waals surface area contributed by atoms with Crippen LogP contribution in [0, 0.1) is 0 Å². The first-order valence-corrected chi connectivity index (χ1v) is 4.98. The second-order valence-corrected chi connectivity index (χ2v) is 3.21. The van der Waals surface area contributed by atoms with Crippen LogP contribution in [-0.2, 0) is 4.79 Å². The van der Waals surface area contributed by atoms with Crippen LogP contribution in [-0.4, -0.2) is 30.2 Å². The monoisotopic (exact) mass is 200 g/mol. The molecule has 0 rings (SSSR count). The normalized spacial score (nSPS) is 13.3. The Hall–Kier alpha value is -0.870. The number of carboxylic acid groups (broad SMARTS) is 1. The van der Waals surface area contributed by atoms with Crippen molar-refractivity contribution in [3.05, 3.63) is 12.2 Å². The Morgan fingerprint density at radius 2 is 2.29 bits per heavy atom. The van der Waals surface area contributed by atoms with Crippen LogP contribution in [0.3, 0.4) is 0 Å². The van der Waals surface area contributed by atoms with Crippen LogP contribution in [0.25, 0.3) is 0 Å². The molecule has 1 atom stereocenters. The van der Waals surface area contributed by atoms with Gasteiger partial charge in [0.15, 0.2) is 0 Å². The average molecular weight is 200 g/mol. The van der Waals surface area contributed by atoms with Crippen molar-refractivity contribution in [2.24, 2.45) is 5.73 Å². The third kappa shape index (κ3) is 7.76. The predicted octanol–water partition coefficient (Wildman–Crippen LogP) is 0.734. The van der Waals surface area contributed by atoms with Gasteiger partial charge in [0.05, 0.1) is 0 Å². The fraction of sp³-hybridized carbons (Fsp3) is 0.700. The van der Waals surface area contributed by atoms with Gasteiger partial charge in [-0.3, -0.25) is 4.79 Å². The van der Waals surface area contributed by atoms with Gasteiger partial charge in [-0.1, -0.05) is 18.6 Å². The lowest BCUT2D eigenvalue weighted by molar-refractivity contribution is -0.138. The molecule has 0 aromatic heterocycles. The van der Waals surface area contributed by atoms with Crippen LogP contribution in [0.15, 0.2) is 12.2 Å². The van der Waals surface area contributed by atoms with Gasteiger partial charge in [-0.15, -0.1) is 0 Å². The van der Waals surface area contributed by atoms with E-state index in [2.05, 4.69) is 5.32 Å². The lowest BCUT2D eigenvalue weighted by atomic mass is 10.1. The molecule has 14 heavy (non-hydrogen) atoms. The number of unbranched alkanes of at least 4 members (excludes halogenated alkanes) is 1. The third-order valence-electron chi connectivity index (χ3n) is 1.93. The quantitative estimate of drug-likeness (QED) is 0.399. The fourth-order valence-electron chi connectivity index (χ4n) is 1.04. The molecule has 0 unspecified atom stereocenters. The lowest BCUT2D eigenvalue weighted by Gasteiger charge is -2.05. The van der Waals surface area contributed by atoms with E-state index < -0.39 is 12.0 Å². The molecule has 4 N–H and O–H groups in total. The summed E-state index contributed by atoms with van der Waals surface area (Å²) >= 11 is 0. The van der Waals surface area contributed by atoms with E-state index >= 15 is 0 Å². The van der Waals surface area contributed by atoms with Gasteiger partial charge < -0.3 is 16.2 Å². The minimum absolute atomic E-state index is 0.556. The molecule has 0 heterocycles. The summed E-state index contributed by atoms with van der Waals surface area (Å²) in [7, 11) is 0. The van der Waals surface area contributed by atoms with Gasteiger partial charge in [-0.2, -0.15) is 0 Å². The molecule has 0 saturated heterocycles. The number of nitrogens with two attached hydrogens (primary N) is 1. The summed E-state index contributed by atoms with van der Waals surface area (Å²) in [5, 5.41) is 11.7. The summed E-state index contributed by atoms with van der Waals surface area (Å²) in [4.78, 5) is 10.4. The number of carboxylic acids is 1. The number of allylic oxidation sites excluding steroid dienone is 1. The van der Waals surface area contributed by atoms with Crippen molar-refractivity contribution in [1.29, 1.82) is 0 Å². The van der Waals surface area contributed by atoms with E-state index in [0.717, 1.165) is 25.9 Å². The van der Waals surface area contributed by atoms with E-state index in [9.17, 15) is 4.79 Å². The summed E-state index contributed by atoms with van der Waals surface area (Å²) in [6, 6.07) is -0.703. The van der Waals surface area contributed by atoms with Crippen molar-refractivity contribution >= 4 is 5.97 Å². The highest BCUT2D eigenvalue weighted by atomic mass is 16.4. The van der Waals surface area contributed by atoms with E-state index in [1.165, 1.54) is 0 Å². The second kappa shape index (κ2) is 8.72. The summed E-state index contributed by atoms with van der Waals surface area (Å²) < 4.78 is 0. The van der Waals surface area contributed by atoms with Crippen LogP contribution in [0.5, 0.6) is 0 Å². The van der Waals surface area contributed by atoms with E-state index in [1.54, 1.807) is 0 Å². The molecule has 0 aliphatic rings. The van der Waals surface area contributed by atoms with Crippen molar-refractivity contribution in [3.8, 4) is 0 Å². The zero-order chi connectivity index (χ0) is 10.8. The maximum absolute atomic E-state index is 10.4. The molecule has 82 valence electrons. The van der Waals surface area contributed by atoms with Gasteiger partial charge in [0.2, 0.25) is 0 Å². The first-order chi connectivity index (χ1) is 6.68. The van der Waals surface area contributed by atoms with Crippen LogP contribution in [0.1, 0.15) is 26.2 Å². The highest BCUT2D eigenvalue weighted by Crippen LogP contribution is 1.97. The van der Waals surface area contributed by atoms with Crippen LogP contribution in [0.2, 0.25) is 0 Å². The summed E-state index contributed by atoms with van der Waals surface area (Å²) in [5.41, 5.74) is 5.35. The molecule has 0 bridgehead atoms. The molecule has 4 nitrogen and oxygen atoms in total. The highest BCUT2D eigenvalue weighted by molar-refractivity contribution is 5.72. The lowest BCUT2D eigenvalue weighted by Crippen LogP contribution is -2.30. The van der Waals surface area contributed by atoms with Crippen LogP contribution in [0.4, 0.5) is 0 Å². The number of nitrogens with one attached hydrogen (secondary N) is 1. The molecule has 0 aromatic rings. The maximum Gasteiger partial charge on any atom is 0.320 e. The van der Waals surface area contributed by atoms with Crippen molar-refractivity contribution in [2.45, 2.75) is 32.2 Å². The van der Waals surface area contributed by atoms with Gasteiger partial charge in [-0.05, 0) is 26.3 Å². The number of carbonyl (C=O) groups is 1. The molecule has 0 radical (unpaired) electrons. The van der Waals surface area contributed by atoms with E-state index in [1.807, 2.05) is 19.1 Å². The molecular weight excluding hydrogens is 180 g/mol. The van der Waals surface area contributed by atoms with Crippen molar-refractivity contribution < 1.29 is 9.90 Å². The molecule has 0 aromatic carbocycles. The number of rotatable bonds is 8. The molecule has 0 spiro atoms. The average Bonchev–Trinajstić information content (AvgIpc) is 2.16. The standard InChI is InChI=1S/C10H20N2O2/c1-2-3-7-12-8-5-4-6-9(11)10(13)14/h2-3,9,12H,4-8,11H2,1H3,(H,13,14)/t9-/m0/s1. The molecule has 0 aliphatic heterocycles. The fourth-order valence-corrected chi connectivity index (χ4v) is 1.04. The third-order valence-corrected chi connectivity index (χ3v) is 1.93. The molecule has 0 aliphatic carbocycles. The minimum Gasteiger partial charge on any atom is -0.480 e. The second-order valence-electron chi connectivity index (χ2n) is 3.21. The first-order valence-electron chi connectivity index (χ1n) is 4.98. The van der Waals surface area contributed by atoms with Gasteiger partial charge >= 0.3 is 5.97 Å². The smallest absolute Gasteiger partial charge is 0.320 e. The summed E-state index contributed by atoms with van der Waals surface area (Å²) in [6.45, 7) is 3.77. The Bertz CT molecular complexity index is 181.